The molecule has 0 saturated carbocycles. The van der Waals surface area contributed by atoms with E-state index in [4.69, 9.17) is 0 Å². The van der Waals surface area contributed by atoms with Crippen molar-refractivity contribution in [3.8, 4) is 22.5 Å². The van der Waals surface area contributed by atoms with Crippen LogP contribution in [0.25, 0.3) is 33.4 Å². The van der Waals surface area contributed by atoms with Gasteiger partial charge in [0.2, 0.25) is 0 Å². The van der Waals surface area contributed by atoms with Crippen molar-refractivity contribution in [2.75, 3.05) is 14.1 Å². The van der Waals surface area contributed by atoms with Gasteiger partial charge in [0, 0.05) is 54.8 Å². The maximum absolute atomic E-state index is 14.0. The first-order valence-corrected chi connectivity index (χ1v) is 8.45. The van der Waals surface area contributed by atoms with Gasteiger partial charge in [0.15, 0.2) is 5.82 Å². The molecule has 134 valence electrons. The highest BCUT2D eigenvalue weighted by Gasteiger charge is 2.17. The van der Waals surface area contributed by atoms with E-state index in [1.807, 2.05) is 24.3 Å². The second-order valence-electron chi connectivity index (χ2n) is 6.38. The molecule has 0 bridgehead atoms. The van der Waals surface area contributed by atoms with Crippen molar-refractivity contribution < 1.29 is 9.18 Å². The third-order valence-electron chi connectivity index (χ3n) is 4.38. The van der Waals surface area contributed by atoms with Crippen LogP contribution in [0.1, 0.15) is 0 Å². The van der Waals surface area contributed by atoms with Gasteiger partial charge in [-0.1, -0.05) is 36.4 Å². The minimum atomic E-state index is -0.318. The van der Waals surface area contributed by atoms with Crippen LogP contribution >= 0.6 is 0 Å². The van der Waals surface area contributed by atoms with Gasteiger partial charge in [-0.15, -0.1) is 0 Å². The van der Waals surface area contributed by atoms with Crippen molar-refractivity contribution in [1.82, 2.24) is 19.4 Å². The van der Waals surface area contributed by atoms with Gasteiger partial charge in [0.25, 0.3) is 0 Å². The molecule has 0 aliphatic rings. The van der Waals surface area contributed by atoms with E-state index in [0.29, 0.717) is 17.0 Å². The molecule has 0 N–H and O–H groups in total. The van der Waals surface area contributed by atoms with Gasteiger partial charge in [-0.3, -0.25) is 4.57 Å². The van der Waals surface area contributed by atoms with Crippen LogP contribution < -0.4 is 0 Å². The second-order valence-corrected chi connectivity index (χ2v) is 6.38. The average molecular weight is 360 g/mol. The molecule has 0 spiro atoms. The van der Waals surface area contributed by atoms with Gasteiger partial charge in [0.05, 0.1) is 5.52 Å². The molecule has 2 heterocycles. The van der Waals surface area contributed by atoms with Crippen LogP contribution in [-0.4, -0.2) is 39.6 Å². The topological polar surface area (TPSA) is 51.0 Å². The fourth-order valence-electron chi connectivity index (χ4n) is 3.03. The van der Waals surface area contributed by atoms with Gasteiger partial charge in [-0.25, -0.2) is 19.2 Å². The Bertz CT molecular complexity index is 1130. The first-order chi connectivity index (χ1) is 13.1. The molecule has 27 heavy (non-hydrogen) atoms. The number of fused-ring (bicyclic) bond motifs is 1. The molecular weight excluding hydrogens is 343 g/mol. The molecule has 0 saturated heterocycles. The highest BCUT2D eigenvalue weighted by atomic mass is 19.1. The normalized spacial score (nSPS) is 10.9. The van der Waals surface area contributed by atoms with Crippen LogP contribution in [0.15, 0.2) is 67.1 Å². The van der Waals surface area contributed by atoms with Gasteiger partial charge in [-0.05, 0) is 12.1 Å². The molecule has 0 fully saturated rings. The highest BCUT2D eigenvalue weighted by molar-refractivity contribution is 6.00. The molecule has 0 aliphatic heterocycles. The van der Waals surface area contributed by atoms with E-state index in [1.165, 1.54) is 11.0 Å². The smallest absolute Gasteiger partial charge is 0.328 e. The third-order valence-corrected chi connectivity index (χ3v) is 4.38. The Labute approximate surface area is 155 Å². The fraction of sp³-hybridized carbons (Fsp3) is 0.0952. The summed E-state index contributed by atoms with van der Waals surface area (Å²) in [7, 11) is 3.41. The van der Waals surface area contributed by atoms with Crippen LogP contribution in [0.5, 0.6) is 0 Å². The van der Waals surface area contributed by atoms with Crippen LogP contribution in [0.3, 0.4) is 0 Å². The van der Waals surface area contributed by atoms with Crippen molar-refractivity contribution in [2.45, 2.75) is 0 Å². The van der Waals surface area contributed by atoms with E-state index in [0.717, 1.165) is 16.5 Å². The molecule has 5 nitrogen and oxygen atoms in total. The molecular formula is C21H17FN4O. The second kappa shape index (κ2) is 6.64. The highest BCUT2D eigenvalue weighted by Crippen LogP contribution is 2.29. The predicted octanol–water partition coefficient (Wildman–Crippen LogP) is 4.43. The number of para-hydroxylation sites is 1. The molecule has 6 heteroatoms. The zero-order valence-electron chi connectivity index (χ0n) is 14.9. The molecule has 0 aliphatic carbocycles. The minimum Gasteiger partial charge on any atom is -0.330 e. The fourth-order valence-corrected chi connectivity index (χ4v) is 3.03. The van der Waals surface area contributed by atoms with Crippen LogP contribution in [0, 0.1) is 5.82 Å². The molecule has 2 aromatic heterocycles. The minimum absolute atomic E-state index is 0.152. The molecule has 0 atom stereocenters. The number of hydrogen-bond donors (Lipinski definition) is 0. The molecule has 4 rings (SSSR count). The number of nitrogens with zero attached hydrogens (tertiary/aromatic N) is 4. The lowest BCUT2D eigenvalue weighted by atomic mass is 10.1. The molecule has 4 aromatic rings. The quantitative estimate of drug-likeness (QED) is 0.531. The summed E-state index contributed by atoms with van der Waals surface area (Å²) in [5.41, 5.74) is 2.59. The Morgan fingerprint density at radius 1 is 0.963 bits per heavy atom. The predicted molar refractivity (Wildman–Crippen MR) is 103 cm³/mol. The Kier molecular flexibility index (Phi) is 4.16. The Balaban J connectivity index is 1.81. The zero-order valence-corrected chi connectivity index (χ0v) is 14.9. The lowest BCUT2D eigenvalue weighted by Crippen LogP contribution is -2.26. The molecule has 0 unspecified atom stereocenters. The zero-order chi connectivity index (χ0) is 19.0. The van der Waals surface area contributed by atoms with Crippen molar-refractivity contribution in [1.29, 1.82) is 0 Å². The number of halogens is 1. The van der Waals surface area contributed by atoms with Gasteiger partial charge in [0.1, 0.15) is 5.82 Å². The standard InChI is InChI=1S/C21H17FN4O/c1-25(2)21(27)26-13-17(16-8-4-6-10-19(16)26)20-23-11-14(12-24-20)15-7-3-5-9-18(15)22/h3-13H,1-2H3. The number of carbonyl (C=O) groups is 1. The SMILES string of the molecule is CN(C)C(=O)n1cc(-c2ncc(-c3ccccc3F)cn2)c2ccccc21. The first-order valence-electron chi connectivity index (χ1n) is 8.45. The number of benzene rings is 2. The average Bonchev–Trinajstić information content (AvgIpc) is 3.07. The third kappa shape index (κ3) is 2.95. The Morgan fingerprint density at radius 2 is 1.63 bits per heavy atom. The Morgan fingerprint density at radius 3 is 2.33 bits per heavy atom. The van der Waals surface area contributed by atoms with Crippen molar-refractivity contribution in [3.05, 3.63) is 72.9 Å². The van der Waals surface area contributed by atoms with Crippen LogP contribution in [-0.2, 0) is 0 Å². The summed E-state index contributed by atoms with van der Waals surface area (Å²) < 4.78 is 15.6. The van der Waals surface area contributed by atoms with E-state index in [2.05, 4.69) is 9.97 Å². The van der Waals surface area contributed by atoms with Crippen molar-refractivity contribution >= 4 is 16.9 Å². The lowest BCUT2D eigenvalue weighted by molar-refractivity contribution is 0.220. The van der Waals surface area contributed by atoms with Crippen LogP contribution in [0.2, 0.25) is 0 Å². The maximum atomic E-state index is 14.0. The van der Waals surface area contributed by atoms with E-state index < -0.39 is 0 Å². The summed E-state index contributed by atoms with van der Waals surface area (Å²) in [6, 6.07) is 14.0. The Hall–Kier alpha value is -3.54. The number of aromatic nitrogens is 3. The van der Waals surface area contributed by atoms with Gasteiger partial charge >= 0.3 is 6.03 Å². The summed E-state index contributed by atoms with van der Waals surface area (Å²) in [6.07, 6.45) is 4.94. The lowest BCUT2D eigenvalue weighted by Gasteiger charge is -2.11. The van der Waals surface area contributed by atoms with Crippen LogP contribution in [0.4, 0.5) is 9.18 Å². The first kappa shape index (κ1) is 16.9. The van der Waals surface area contributed by atoms with Gasteiger partial charge < -0.3 is 4.90 Å². The summed E-state index contributed by atoms with van der Waals surface area (Å²) in [4.78, 5) is 22.8. The summed E-state index contributed by atoms with van der Waals surface area (Å²) >= 11 is 0. The number of rotatable bonds is 2. The van der Waals surface area contributed by atoms with E-state index in [-0.39, 0.29) is 11.8 Å². The summed E-state index contributed by atoms with van der Waals surface area (Å²) in [5.74, 6) is 0.165. The number of hydrogen-bond acceptors (Lipinski definition) is 3. The maximum Gasteiger partial charge on any atom is 0.328 e. The molecule has 0 radical (unpaired) electrons. The van der Waals surface area contributed by atoms with E-state index in [1.54, 1.807) is 55.5 Å². The summed E-state index contributed by atoms with van der Waals surface area (Å²) in [6.45, 7) is 0. The van der Waals surface area contributed by atoms with Crippen molar-refractivity contribution in [3.63, 3.8) is 0 Å². The largest absolute Gasteiger partial charge is 0.330 e. The number of amides is 1. The molecule has 2 aromatic carbocycles. The monoisotopic (exact) mass is 360 g/mol. The molecule has 1 amide bonds. The van der Waals surface area contributed by atoms with Gasteiger partial charge in [-0.2, -0.15) is 0 Å². The summed E-state index contributed by atoms with van der Waals surface area (Å²) in [5, 5.41) is 0.881. The van der Waals surface area contributed by atoms with E-state index >= 15 is 0 Å². The number of carbonyl (C=O) groups excluding carboxylic acids is 1. The van der Waals surface area contributed by atoms with Crippen molar-refractivity contribution in [2.24, 2.45) is 0 Å². The van der Waals surface area contributed by atoms with E-state index in [9.17, 15) is 9.18 Å².